The van der Waals surface area contributed by atoms with Crippen molar-refractivity contribution in [2.75, 3.05) is 10.8 Å². The third-order valence-corrected chi connectivity index (χ3v) is 8.52. The van der Waals surface area contributed by atoms with E-state index in [9.17, 15) is 13.2 Å². The molecule has 0 unspecified atom stereocenters. The summed E-state index contributed by atoms with van der Waals surface area (Å²) >= 11 is 3.41. The van der Waals surface area contributed by atoms with Crippen molar-refractivity contribution in [2.24, 2.45) is 0 Å². The van der Waals surface area contributed by atoms with Gasteiger partial charge in [-0.3, -0.25) is 9.10 Å². The highest BCUT2D eigenvalue weighted by atomic mass is 79.9. The molecule has 1 N–H and O–H groups in total. The highest BCUT2D eigenvalue weighted by Gasteiger charge is 2.28. The van der Waals surface area contributed by atoms with Gasteiger partial charge >= 0.3 is 0 Å². The molecule has 0 saturated heterocycles. The summed E-state index contributed by atoms with van der Waals surface area (Å²) in [5.74, 6) is -0.360. The molecule has 5 nitrogen and oxygen atoms in total. The van der Waals surface area contributed by atoms with E-state index in [-0.39, 0.29) is 23.4 Å². The molecule has 0 heterocycles. The summed E-state index contributed by atoms with van der Waals surface area (Å²) in [5, 5.41) is 2.99. The molecule has 0 spiro atoms. The number of anilines is 1. The van der Waals surface area contributed by atoms with Crippen LogP contribution in [0, 0.1) is 6.92 Å². The Labute approximate surface area is 210 Å². The zero-order valence-corrected chi connectivity index (χ0v) is 21.8. The maximum atomic E-state index is 13.5. The Morgan fingerprint density at radius 3 is 2.41 bits per heavy atom. The van der Waals surface area contributed by atoms with E-state index in [1.54, 1.807) is 42.5 Å². The van der Waals surface area contributed by atoms with E-state index in [0.29, 0.717) is 5.69 Å². The third kappa shape index (κ3) is 5.53. The largest absolute Gasteiger partial charge is 0.348 e. The van der Waals surface area contributed by atoms with Gasteiger partial charge in [0, 0.05) is 4.47 Å². The topological polar surface area (TPSA) is 66.5 Å². The third-order valence-electron chi connectivity index (χ3n) is 6.24. The van der Waals surface area contributed by atoms with Crippen LogP contribution in [0.25, 0.3) is 0 Å². The average molecular weight is 542 g/mol. The number of benzene rings is 3. The van der Waals surface area contributed by atoms with Gasteiger partial charge in [-0.15, -0.1) is 0 Å². The second kappa shape index (κ2) is 10.3. The Bertz CT molecular complexity index is 1290. The van der Waals surface area contributed by atoms with Gasteiger partial charge in [0.25, 0.3) is 10.0 Å². The number of halogens is 1. The van der Waals surface area contributed by atoms with Crippen LogP contribution in [0.15, 0.2) is 76.1 Å². The first-order chi connectivity index (χ1) is 16.2. The van der Waals surface area contributed by atoms with Gasteiger partial charge in [-0.1, -0.05) is 57.9 Å². The molecule has 0 bridgehead atoms. The molecule has 4 rings (SSSR count). The number of sulfonamides is 1. The van der Waals surface area contributed by atoms with Crippen molar-refractivity contribution in [1.29, 1.82) is 0 Å². The fraction of sp³-hybridized carbons (Fsp3) is 0.296. The molecule has 0 radical (unpaired) electrons. The fourth-order valence-corrected chi connectivity index (χ4v) is 6.11. The minimum Gasteiger partial charge on any atom is -0.348 e. The van der Waals surface area contributed by atoms with E-state index >= 15 is 0 Å². The van der Waals surface area contributed by atoms with Crippen LogP contribution >= 0.6 is 15.9 Å². The number of aryl methyl sites for hydroxylation is 3. The maximum absolute atomic E-state index is 13.5. The first-order valence-electron chi connectivity index (χ1n) is 11.5. The van der Waals surface area contributed by atoms with Crippen molar-refractivity contribution < 1.29 is 13.2 Å². The summed E-state index contributed by atoms with van der Waals surface area (Å²) in [6.45, 7) is 3.51. The number of carbonyl (C=O) groups excluding carboxylic acids is 1. The van der Waals surface area contributed by atoms with Gasteiger partial charge in [0.05, 0.1) is 16.6 Å². The highest BCUT2D eigenvalue weighted by Crippen LogP contribution is 2.27. The number of fused-ring (bicyclic) bond motifs is 1. The molecule has 3 aromatic rings. The first-order valence-corrected chi connectivity index (χ1v) is 13.7. The summed E-state index contributed by atoms with van der Waals surface area (Å²) in [7, 11) is -3.94. The lowest BCUT2D eigenvalue weighted by molar-refractivity contribution is -0.120. The van der Waals surface area contributed by atoms with Crippen LogP contribution in [0.5, 0.6) is 0 Å². The van der Waals surface area contributed by atoms with Crippen LogP contribution in [0.2, 0.25) is 0 Å². The smallest absolute Gasteiger partial charge is 0.264 e. The number of nitrogens with zero attached hydrogens (tertiary/aromatic N) is 1. The van der Waals surface area contributed by atoms with E-state index in [4.69, 9.17) is 0 Å². The van der Waals surface area contributed by atoms with Crippen LogP contribution in [-0.4, -0.2) is 20.9 Å². The summed E-state index contributed by atoms with van der Waals surface area (Å²) in [5.41, 5.74) is 5.15. The molecular weight excluding hydrogens is 512 g/mol. The molecule has 34 heavy (non-hydrogen) atoms. The van der Waals surface area contributed by atoms with Gasteiger partial charge in [-0.05, 0) is 86.6 Å². The van der Waals surface area contributed by atoms with E-state index in [2.05, 4.69) is 39.4 Å². The van der Waals surface area contributed by atoms with Gasteiger partial charge in [-0.2, -0.15) is 0 Å². The number of carbonyl (C=O) groups is 1. The molecule has 1 aliphatic rings. The van der Waals surface area contributed by atoms with Crippen LogP contribution in [0.1, 0.15) is 48.1 Å². The molecule has 1 aliphatic carbocycles. The summed E-state index contributed by atoms with van der Waals surface area (Å²) in [4.78, 5) is 13.2. The van der Waals surface area contributed by atoms with Crippen molar-refractivity contribution in [3.63, 3.8) is 0 Å². The van der Waals surface area contributed by atoms with Crippen molar-refractivity contribution in [3.8, 4) is 0 Å². The maximum Gasteiger partial charge on any atom is 0.264 e. The molecule has 178 valence electrons. The second-order valence-corrected chi connectivity index (χ2v) is 11.6. The Hall–Kier alpha value is -2.64. The van der Waals surface area contributed by atoms with Gasteiger partial charge < -0.3 is 5.32 Å². The molecule has 7 heteroatoms. The lowest BCUT2D eigenvalue weighted by Gasteiger charge is -2.26. The van der Waals surface area contributed by atoms with Crippen molar-refractivity contribution >= 4 is 37.5 Å². The molecule has 0 aliphatic heterocycles. The Balaban J connectivity index is 1.57. The van der Waals surface area contributed by atoms with Crippen molar-refractivity contribution in [3.05, 3.63) is 93.5 Å². The Kier molecular flexibility index (Phi) is 7.43. The minimum atomic E-state index is -3.94. The van der Waals surface area contributed by atoms with Gasteiger partial charge in [-0.25, -0.2) is 8.42 Å². The molecule has 1 atom stereocenters. The van der Waals surface area contributed by atoms with E-state index < -0.39 is 10.0 Å². The number of nitrogens with one attached hydrogen (secondary N) is 1. The van der Waals surface area contributed by atoms with Gasteiger partial charge in [0.1, 0.15) is 6.54 Å². The number of hydrogen-bond acceptors (Lipinski definition) is 3. The van der Waals surface area contributed by atoms with Crippen LogP contribution in [0.4, 0.5) is 5.69 Å². The Morgan fingerprint density at radius 2 is 1.71 bits per heavy atom. The summed E-state index contributed by atoms with van der Waals surface area (Å²) in [6.07, 6.45) is 4.58. The predicted octanol–water partition coefficient (Wildman–Crippen LogP) is 5.71. The SMILES string of the molecule is Cc1ccc(S(=O)(=O)N(CC(=O)N[C@@H](C)c2ccc3c(c2)CCCC3)c2cccc(Br)c2)cc1. The molecule has 0 fully saturated rings. The van der Waals surface area contributed by atoms with Gasteiger partial charge in [0.2, 0.25) is 5.91 Å². The van der Waals surface area contributed by atoms with E-state index in [1.807, 2.05) is 19.9 Å². The van der Waals surface area contributed by atoms with E-state index in [1.165, 1.54) is 24.0 Å². The number of amides is 1. The van der Waals surface area contributed by atoms with Crippen LogP contribution in [0.3, 0.4) is 0 Å². The second-order valence-electron chi connectivity index (χ2n) is 8.83. The average Bonchev–Trinajstić information content (AvgIpc) is 2.82. The number of rotatable bonds is 7. The quantitative estimate of drug-likeness (QED) is 0.417. The highest BCUT2D eigenvalue weighted by molar-refractivity contribution is 9.10. The Morgan fingerprint density at radius 1 is 1.00 bits per heavy atom. The molecule has 3 aromatic carbocycles. The number of hydrogen-bond donors (Lipinski definition) is 1. The minimum absolute atomic E-state index is 0.147. The van der Waals surface area contributed by atoms with Gasteiger partial charge in [0.15, 0.2) is 0 Å². The van der Waals surface area contributed by atoms with Crippen LogP contribution in [-0.2, 0) is 27.7 Å². The predicted molar refractivity (Wildman–Crippen MR) is 139 cm³/mol. The monoisotopic (exact) mass is 540 g/mol. The first kappa shape index (κ1) is 24.5. The zero-order chi connectivity index (χ0) is 24.3. The summed E-state index contributed by atoms with van der Waals surface area (Å²) < 4.78 is 29.0. The molecule has 1 amide bonds. The molecule has 0 saturated carbocycles. The molecule has 0 aromatic heterocycles. The van der Waals surface area contributed by atoms with E-state index in [0.717, 1.165) is 32.7 Å². The van der Waals surface area contributed by atoms with Crippen molar-refractivity contribution in [1.82, 2.24) is 5.32 Å². The zero-order valence-electron chi connectivity index (χ0n) is 19.4. The van der Waals surface area contributed by atoms with Crippen molar-refractivity contribution in [2.45, 2.75) is 50.5 Å². The standard InChI is InChI=1S/C27H29BrN2O3S/c1-19-10-14-26(15-11-19)34(32,33)30(25-9-5-8-24(28)17-25)18-27(31)29-20(2)22-13-12-21-6-3-4-7-23(21)16-22/h5,8-17,20H,3-4,6-7,18H2,1-2H3,(H,29,31)/t20-/m0/s1. The van der Waals surface area contributed by atoms with Crippen LogP contribution < -0.4 is 9.62 Å². The summed E-state index contributed by atoms with van der Waals surface area (Å²) in [6, 6.07) is 19.8. The lowest BCUT2D eigenvalue weighted by Crippen LogP contribution is -2.41. The molecular formula is C27H29BrN2O3S. The lowest BCUT2D eigenvalue weighted by atomic mass is 9.89. The fourth-order valence-electron chi connectivity index (χ4n) is 4.31. The normalized spacial score (nSPS) is 14.2.